The Morgan fingerprint density at radius 3 is 2.95 bits per heavy atom. The van der Waals surface area contributed by atoms with E-state index in [4.69, 9.17) is 4.52 Å². The van der Waals surface area contributed by atoms with Gasteiger partial charge in [0.05, 0.1) is 6.04 Å². The van der Waals surface area contributed by atoms with E-state index in [1.54, 1.807) is 30.4 Å². The zero-order valence-electron chi connectivity index (χ0n) is 12.0. The lowest BCUT2D eigenvalue weighted by molar-refractivity contribution is 0.0732. The van der Waals surface area contributed by atoms with Crippen LogP contribution < -0.4 is 0 Å². The number of rotatable bonds is 5. The van der Waals surface area contributed by atoms with Crippen LogP contribution in [-0.4, -0.2) is 28.0 Å². The summed E-state index contributed by atoms with van der Waals surface area (Å²) in [5, 5.41) is 3.85. The molecule has 2 heterocycles. The third-order valence-electron chi connectivity index (χ3n) is 3.34. The molecule has 0 aliphatic rings. The van der Waals surface area contributed by atoms with Gasteiger partial charge in [0.15, 0.2) is 5.69 Å². The van der Waals surface area contributed by atoms with Crippen LogP contribution in [0.5, 0.6) is 0 Å². The standard InChI is InChI=1S/C15H19N3O2/c1-4-6-13-9-14(17-20-13)15(19)18(3)11(2)12-7-5-8-16-10-12/h5,7-11H,4,6H2,1-3H3/t11-/m0/s1. The van der Waals surface area contributed by atoms with Crippen LogP contribution in [0, 0.1) is 0 Å². The van der Waals surface area contributed by atoms with Gasteiger partial charge >= 0.3 is 0 Å². The first-order valence-corrected chi connectivity index (χ1v) is 6.76. The van der Waals surface area contributed by atoms with Crippen molar-refractivity contribution < 1.29 is 9.32 Å². The molecule has 5 nitrogen and oxygen atoms in total. The molecule has 106 valence electrons. The summed E-state index contributed by atoms with van der Waals surface area (Å²) in [5.74, 6) is 0.603. The van der Waals surface area contributed by atoms with Crippen LogP contribution >= 0.6 is 0 Å². The molecule has 0 saturated heterocycles. The number of aryl methyl sites for hydroxylation is 1. The quantitative estimate of drug-likeness (QED) is 0.840. The van der Waals surface area contributed by atoms with Gasteiger partial charge in [-0.25, -0.2) is 0 Å². The fourth-order valence-corrected chi connectivity index (χ4v) is 1.98. The minimum Gasteiger partial charge on any atom is -0.361 e. The molecule has 0 unspecified atom stereocenters. The average Bonchev–Trinajstić information content (AvgIpc) is 2.95. The molecule has 2 aromatic rings. The van der Waals surface area contributed by atoms with Gasteiger partial charge in [0.1, 0.15) is 5.76 Å². The molecule has 0 spiro atoms. The topological polar surface area (TPSA) is 59.2 Å². The summed E-state index contributed by atoms with van der Waals surface area (Å²) >= 11 is 0. The van der Waals surface area contributed by atoms with Crippen molar-refractivity contribution in [3.05, 3.63) is 47.6 Å². The highest BCUT2D eigenvalue weighted by Crippen LogP contribution is 2.19. The maximum absolute atomic E-state index is 12.4. The van der Waals surface area contributed by atoms with Crippen molar-refractivity contribution in [2.24, 2.45) is 0 Å². The van der Waals surface area contributed by atoms with Gasteiger partial charge < -0.3 is 9.42 Å². The number of aromatic nitrogens is 2. The van der Waals surface area contributed by atoms with E-state index in [9.17, 15) is 4.79 Å². The maximum atomic E-state index is 12.4. The number of carbonyl (C=O) groups is 1. The number of hydrogen-bond donors (Lipinski definition) is 0. The molecule has 0 aromatic carbocycles. The van der Waals surface area contributed by atoms with E-state index in [1.807, 2.05) is 19.1 Å². The van der Waals surface area contributed by atoms with Crippen LogP contribution in [0.4, 0.5) is 0 Å². The third-order valence-corrected chi connectivity index (χ3v) is 3.34. The summed E-state index contributed by atoms with van der Waals surface area (Å²) in [7, 11) is 1.76. The van der Waals surface area contributed by atoms with Crippen molar-refractivity contribution in [3.63, 3.8) is 0 Å². The van der Waals surface area contributed by atoms with Gasteiger partial charge in [-0.15, -0.1) is 0 Å². The van der Waals surface area contributed by atoms with Crippen LogP contribution in [0.15, 0.2) is 35.1 Å². The Morgan fingerprint density at radius 1 is 1.50 bits per heavy atom. The van der Waals surface area contributed by atoms with Crippen molar-refractivity contribution in [1.82, 2.24) is 15.0 Å². The van der Waals surface area contributed by atoms with Crippen LogP contribution in [0.2, 0.25) is 0 Å². The zero-order valence-corrected chi connectivity index (χ0v) is 12.0. The predicted octanol–water partition coefficient (Wildman–Crippen LogP) is 2.86. The molecule has 0 saturated carbocycles. The summed E-state index contributed by atoms with van der Waals surface area (Å²) < 4.78 is 5.15. The Labute approximate surface area is 118 Å². The monoisotopic (exact) mass is 273 g/mol. The molecule has 0 N–H and O–H groups in total. The van der Waals surface area contributed by atoms with Crippen LogP contribution in [0.3, 0.4) is 0 Å². The molecular weight excluding hydrogens is 254 g/mol. The second-order valence-corrected chi connectivity index (χ2v) is 4.81. The highest BCUT2D eigenvalue weighted by Gasteiger charge is 2.22. The van der Waals surface area contributed by atoms with Crippen LogP contribution in [-0.2, 0) is 6.42 Å². The predicted molar refractivity (Wildman–Crippen MR) is 75.2 cm³/mol. The number of nitrogens with zero attached hydrogens (tertiary/aromatic N) is 3. The van der Waals surface area contributed by atoms with Gasteiger partial charge in [0.2, 0.25) is 0 Å². The molecule has 5 heteroatoms. The van der Waals surface area contributed by atoms with Crippen LogP contribution in [0.25, 0.3) is 0 Å². The Bertz CT molecular complexity index is 566. The van der Waals surface area contributed by atoms with Gasteiger partial charge in [-0.05, 0) is 25.0 Å². The van der Waals surface area contributed by atoms with E-state index < -0.39 is 0 Å². The van der Waals surface area contributed by atoms with Gasteiger partial charge in [-0.1, -0.05) is 18.1 Å². The fourth-order valence-electron chi connectivity index (χ4n) is 1.98. The highest BCUT2D eigenvalue weighted by atomic mass is 16.5. The number of hydrogen-bond acceptors (Lipinski definition) is 4. The lowest BCUT2D eigenvalue weighted by atomic mass is 10.1. The number of pyridine rings is 1. The minimum absolute atomic E-state index is 0.0671. The van der Waals surface area contributed by atoms with Gasteiger partial charge in [-0.3, -0.25) is 9.78 Å². The first-order chi connectivity index (χ1) is 9.63. The molecular formula is C15H19N3O2. The SMILES string of the molecule is CCCc1cc(C(=O)N(C)[C@@H](C)c2cccnc2)no1. The maximum Gasteiger partial charge on any atom is 0.276 e. The molecule has 0 fully saturated rings. The molecule has 2 rings (SSSR count). The second-order valence-electron chi connectivity index (χ2n) is 4.81. The fraction of sp³-hybridized carbons (Fsp3) is 0.400. The lowest BCUT2D eigenvalue weighted by Gasteiger charge is -2.24. The van der Waals surface area contributed by atoms with Crippen molar-refractivity contribution in [2.45, 2.75) is 32.7 Å². The average molecular weight is 273 g/mol. The van der Waals surface area contributed by atoms with E-state index in [2.05, 4.69) is 17.1 Å². The van der Waals surface area contributed by atoms with E-state index in [0.717, 1.165) is 24.2 Å². The van der Waals surface area contributed by atoms with E-state index in [0.29, 0.717) is 5.69 Å². The molecule has 0 aliphatic carbocycles. The first kappa shape index (κ1) is 14.2. The molecule has 0 bridgehead atoms. The van der Waals surface area contributed by atoms with Gasteiger partial charge in [-0.2, -0.15) is 0 Å². The summed E-state index contributed by atoms with van der Waals surface area (Å²) in [6.07, 6.45) is 5.24. The summed E-state index contributed by atoms with van der Waals surface area (Å²) in [6, 6.07) is 5.47. The number of carbonyl (C=O) groups excluding carboxylic acids is 1. The smallest absolute Gasteiger partial charge is 0.276 e. The highest BCUT2D eigenvalue weighted by molar-refractivity contribution is 5.92. The van der Waals surface area contributed by atoms with Gasteiger partial charge in [0, 0.05) is 31.9 Å². The van der Waals surface area contributed by atoms with Crippen molar-refractivity contribution in [2.75, 3.05) is 7.05 Å². The Hall–Kier alpha value is -2.17. The molecule has 0 radical (unpaired) electrons. The first-order valence-electron chi connectivity index (χ1n) is 6.76. The number of amides is 1. The van der Waals surface area contributed by atoms with E-state index >= 15 is 0 Å². The van der Waals surface area contributed by atoms with E-state index in [1.165, 1.54) is 0 Å². The summed E-state index contributed by atoms with van der Waals surface area (Å²) in [4.78, 5) is 18.1. The van der Waals surface area contributed by atoms with Crippen LogP contribution in [0.1, 0.15) is 48.1 Å². The normalized spacial score (nSPS) is 12.2. The zero-order chi connectivity index (χ0) is 14.5. The van der Waals surface area contributed by atoms with Crippen molar-refractivity contribution >= 4 is 5.91 Å². The molecule has 2 aromatic heterocycles. The Morgan fingerprint density at radius 2 is 2.30 bits per heavy atom. The minimum atomic E-state index is -0.146. The summed E-state index contributed by atoms with van der Waals surface area (Å²) in [5.41, 5.74) is 1.34. The Balaban J connectivity index is 2.11. The largest absolute Gasteiger partial charge is 0.361 e. The second kappa shape index (κ2) is 6.32. The summed E-state index contributed by atoms with van der Waals surface area (Å²) in [6.45, 7) is 4.02. The third kappa shape index (κ3) is 3.04. The van der Waals surface area contributed by atoms with Crippen molar-refractivity contribution in [3.8, 4) is 0 Å². The molecule has 1 amide bonds. The molecule has 20 heavy (non-hydrogen) atoms. The van der Waals surface area contributed by atoms with Gasteiger partial charge in [0.25, 0.3) is 5.91 Å². The lowest BCUT2D eigenvalue weighted by Crippen LogP contribution is -2.29. The Kier molecular flexibility index (Phi) is 4.50. The van der Waals surface area contributed by atoms with E-state index in [-0.39, 0.29) is 11.9 Å². The molecule has 0 aliphatic heterocycles. The molecule has 1 atom stereocenters. The van der Waals surface area contributed by atoms with Crippen molar-refractivity contribution in [1.29, 1.82) is 0 Å².